The van der Waals surface area contributed by atoms with Gasteiger partial charge in [0.15, 0.2) is 0 Å². The molecule has 1 N–H and O–H groups in total. The number of nitrogens with zero attached hydrogens (tertiary/aromatic N) is 2. The topological polar surface area (TPSA) is 45.2 Å². The average molecular weight is 349 g/mol. The third-order valence-corrected chi connectivity index (χ3v) is 5.86. The highest BCUT2D eigenvalue weighted by atomic mass is 16.2. The summed E-state index contributed by atoms with van der Waals surface area (Å²) in [5.74, 6) is 0.187. The van der Waals surface area contributed by atoms with Crippen molar-refractivity contribution in [2.45, 2.75) is 44.1 Å². The van der Waals surface area contributed by atoms with Crippen LogP contribution in [0, 0.1) is 0 Å². The van der Waals surface area contributed by atoms with Crippen molar-refractivity contribution in [2.24, 2.45) is 0 Å². The minimum Gasteiger partial charge on any atom is -0.354 e. The van der Waals surface area contributed by atoms with Crippen molar-refractivity contribution in [3.05, 3.63) is 65.5 Å². The number of fused-ring (bicyclic) bond motifs is 1. The first-order chi connectivity index (χ1) is 12.8. The Kier molecular flexibility index (Phi) is 5.02. The molecule has 2 aromatic rings. The second kappa shape index (κ2) is 7.58. The summed E-state index contributed by atoms with van der Waals surface area (Å²) in [5.41, 5.74) is 3.28. The molecule has 0 saturated carbocycles. The molecule has 26 heavy (non-hydrogen) atoms. The van der Waals surface area contributed by atoms with E-state index >= 15 is 0 Å². The third-order valence-electron chi connectivity index (χ3n) is 5.86. The minimum absolute atomic E-state index is 0.187. The highest BCUT2D eigenvalue weighted by Gasteiger charge is 2.48. The summed E-state index contributed by atoms with van der Waals surface area (Å²) in [6.45, 7) is 2.70. The summed E-state index contributed by atoms with van der Waals surface area (Å²) in [6.07, 6.45) is 7.91. The van der Waals surface area contributed by atoms with Crippen LogP contribution in [0.25, 0.3) is 0 Å². The third kappa shape index (κ3) is 3.38. The van der Waals surface area contributed by atoms with Crippen molar-refractivity contribution < 1.29 is 4.79 Å². The Morgan fingerprint density at radius 1 is 1.00 bits per heavy atom. The summed E-state index contributed by atoms with van der Waals surface area (Å²) >= 11 is 0. The zero-order valence-corrected chi connectivity index (χ0v) is 15.3. The largest absolute Gasteiger partial charge is 0.354 e. The van der Waals surface area contributed by atoms with E-state index in [2.05, 4.69) is 39.5 Å². The Morgan fingerprint density at radius 2 is 1.69 bits per heavy atom. The van der Waals surface area contributed by atoms with Crippen LogP contribution in [-0.4, -0.2) is 41.0 Å². The van der Waals surface area contributed by atoms with Crippen LogP contribution in [0.3, 0.4) is 0 Å². The lowest BCUT2D eigenvalue weighted by atomic mass is 9.89. The molecule has 2 heterocycles. The molecule has 1 saturated heterocycles. The molecule has 2 aliphatic rings. The van der Waals surface area contributed by atoms with Gasteiger partial charge in [-0.2, -0.15) is 0 Å². The number of likely N-dealkylation sites (tertiary alicyclic amines) is 1. The molecule has 1 fully saturated rings. The lowest BCUT2D eigenvalue weighted by Gasteiger charge is -2.42. The van der Waals surface area contributed by atoms with Gasteiger partial charge < -0.3 is 5.32 Å². The molecular weight excluding hydrogens is 322 g/mol. The van der Waals surface area contributed by atoms with Gasteiger partial charge in [-0.15, -0.1) is 0 Å². The fraction of sp³-hybridized carbons (Fsp3) is 0.455. The SMILES string of the molecule is O=C(NCCc1ccccn1)C1(N2CCCCC2)Cc2ccccc2C1. The highest BCUT2D eigenvalue weighted by Crippen LogP contribution is 2.36. The van der Waals surface area contributed by atoms with E-state index in [1.165, 1.54) is 30.4 Å². The molecule has 0 spiro atoms. The highest BCUT2D eigenvalue weighted by molar-refractivity contribution is 5.88. The van der Waals surface area contributed by atoms with E-state index in [4.69, 9.17) is 0 Å². The standard InChI is InChI=1S/C22H27N3O/c26-21(24-13-11-20-10-4-5-12-23-20)22(25-14-6-1-7-15-25)16-18-8-2-3-9-19(18)17-22/h2-5,8-10,12H,1,6-7,11,13-17H2,(H,24,26). The molecule has 136 valence electrons. The van der Waals surface area contributed by atoms with Crippen molar-refractivity contribution in [2.75, 3.05) is 19.6 Å². The molecular formula is C22H27N3O. The molecule has 0 radical (unpaired) electrons. The number of hydrogen-bond acceptors (Lipinski definition) is 3. The van der Waals surface area contributed by atoms with E-state index in [0.717, 1.165) is 38.0 Å². The van der Waals surface area contributed by atoms with E-state index < -0.39 is 5.54 Å². The van der Waals surface area contributed by atoms with Crippen LogP contribution in [0.15, 0.2) is 48.7 Å². The van der Waals surface area contributed by atoms with Crippen LogP contribution in [-0.2, 0) is 24.1 Å². The number of rotatable bonds is 5. The number of aromatic nitrogens is 1. The van der Waals surface area contributed by atoms with Gasteiger partial charge in [0.1, 0.15) is 5.54 Å². The molecule has 1 amide bonds. The average Bonchev–Trinajstić information content (AvgIpc) is 3.10. The number of amides is 1. The molecule has 0 atom stereocenters. The van der Waals surface area contributed by atoms with Gasteiger partial charge in [-0.1, -0.05) is 36.8 Å². The summed E-state index contributed by atoms with van der Waals surface area (Å²) in [6, 6.07) is 14.5. The summed E-state index contributed by atoms with van der Waals surface area (Å²) in [5, 5.41) is 3.23. The first-order valence-electron chi connectivity index (χ1n) is 9.78. The molecule has 1 aliphatic carbocycles. The number of carbonyl (C=O) groups is 1. The molecule has 1 aromatic carbocycles. The number of piperidine rings is 1. The maximum Gasteiger partial charge on any atom is 0.241 e. The van der Waals surface area contributed by atoms with Crippen LogP contribution in [0.4, 0.5) is 0 Å². The molecule has 4 nitrogen and oxygen atoms in total. The maximum atomic E-state index is 13.4. The van der Waals surface area contributed by atoms with E-state index in [0.29, 0.717) is 6.54 Å². The lowest BCUT2D eigenvalue weighted by Crippen LogP contribution is -2.61. The van der Waals surface area contributed by atoms with Gasteiger partial charge in [0.2, 0.25) is 5.91 Å². The van der Waals surface area contributed by atoms with Gasteiger partial charge >= 0.3 is 0 Å². The van der Waals surface area contributed by atoms with Crippen molar-refractivity contribution in [1.29, 1.82) is 0 Å². The summed E-state index contributed by atoms with van der Waals surface area (Å²) in [7, 11) is 0. The Bertz CT molecular complexity index is 728. The van der Waals surface area contributed by atoms with Gasteiger partial charge in [0.25, 0.3) is 0 Å². The predicted molar refractivity (Wildman–Crippen MR) is 103 cm³/mol. The lowest BCUT2D eigenvalue weighted by molar-refractivity contribution is -0.134. The second-order valence-electron chi connectivity index (χ2n) is 7.53. The van der Waals surface area contributed by atoms with Crippen molar-refractivity contribution in [3.8, 4) is 0 Å². The smallest absolute Gasteiger partial charge is 0.241 e. The molecule has 4 rings (SSSR count). The van der Waals surface area contributed by atoms with Crippen LogP contribution in [0.5, 0.6) is 0 Å². The van der Waals surface area contributed by atoms with Gasteiger partial charge in [-0.05, 0) is 49.2 Å². The van der Waals surface area contributed by atoms with E-state index in [1.807, 2.05) is 18.2 Å². The Labute approximate surface area is 155 Å². The van der Waals surface area contributed by atoms with E-state index in [9.17, 15) is 4.79 Å². The number of pyridine rings is 1. The first kappa shape index (κ1) is 17.2. The maximum absolute atomic E-state index is 13.4. The van der Waals surface area contributed by atoms with Crippen LogP contribution < -0.4 is 5.32 Å². The number of benzene rings is 1. The number of hydrogen-bond donors (Lipinski definition) is 1. The Balaban J connectivity index is 1.49. The summed E-state index contributed by atoms with van der Waals surface area (Å²) < 4.78 is 0. The molecule has 4 heteroatoms. The zero-order valence-electron chi connectivity index (χ0n) is 15.3. The van der Waals surface area contributed by atoms with E-state index in [-0.39, 0.29) is 5.91 Å². The Hall–Kier alpha value is -2.20. The van der Waals surface area contributed by atoms with Gasteiger partial charge in [0.05, 0.1) is 0 Å². The van der Waals surface area contributed by atoms with Crippen LogP contribution in [0.1, 0.15) is 36.1 Å². The van der Waals surface area contributed by atoms with Crippen LogP contribution in [0.2, 0.25) is 0 Å². The van der Waals surface area contributed by atoms with Crippen molar-refractivity contribution >= 4 is 5.91 Å². The number of carbonyl (C=O) groups excluding carboxylic acids is 1. The van der Waals surface area contributed by atoms with Crippen molar-refractivity contribution in [3.63, 3.8) is 0 Å². The normalized spacial score (nSPS) is 19.1. The van der Waals surface area contributed by atoms with Gasteiger partial charge in [-0.3, -0.25) is 14.7 Å². The minimum atomic E-state index is -0.409. The molecule has 1 aliphatic heterocycles. The van der Waals surface area contributed by atoms with Crippen molar-refractivity contribution in [1.82, 2.24) is 15.2 Å². The first-order valence-corrected chi connectivity index (χ1v) is 9.78. The van der Waals surface area contributed by atoms with Gasteiger partial charge in [-0.25, -0.2) is 0 Å². The van der Waals surface area contributed by atoms with Gasteiger partial charge in [0, 0.05) is 37.7 Å². The van der Waals surface area contributed by atoms with E-state index in [1.54, 1.807) is 6.20 Å². The Morgan fingerprint density at radius 3 is 2.35 bits per heavy atom. The fourth-order valence-corrected chi connectivity index (χ4v) is 4.46. The molecule has 1 aromatic heterocycles. The second-order valence-corrected chi connectivity index (χ2v) is 7.53. The summed E-state index contributed by atoms with van der Waals surface area (Å²) in [4.78, 5) is 20.2. The monoisotopic (exact) mass is 349 g/mol. The zero-order chi connectivity index (χ0) is 17.8. The fourth-order valence-electron chi connectivity index (χ4n) is 4.46. The molecule has 0 bridgehead atoms. The molecule has 0 unspecified atom stereocenters. The quantitative estimate of drug-likeness (QED) is 0.903. The number of nitrogens with one attached hydrogen (secondary N) is 1. The van der Waals surface area contributed by atoms with Crippen LogP contribution >= 0.6 is 0 Å². The predicted octanol–water partition coefficient (Wildman–Crippen LogP) is 2.76.